The van der Waals surface area contributed by atoms with Crippen molar-refractivity contribution in [2.45, 2.75) is 30.5 Å². The molecule has 4 heteroatoms. The third kappa shape index (κ3) is 2.01. The molecule has 1 N–H and O–H groups in total. The van der Waals surface area contributed by atoms with Crippen LogP contribution in [0.3, 0.4) is 0 Å². The van der Waals surface area contributed by atoms with Crippen molar-refractivity contribution in [3.63, 3.8) is 0 Å². The largest absolute Gasteiger partial charge is 0.387 e. The molecule has 1 aliphatic rings. The van der Waals surface area contributed by atoms with Gasteiger partial charge in [-0.2, -0.15) is 11.8 Å². The summed E-state index contributed by atoms with van der Waals surface area (Å²) in [5.41, 5.74) is 1.53. The average Bonchev–Trinajstić information content (AvgIpc) is 2.19. The average molecular weight is 247 g/mol. The van der Waals surface area contributed by atoms with Crippen molar-refractivity contribution in [3.05, 3.63) is 34.1 Å². The molecule has 0 saturated carbocycles. The van der Waals surface area contributed by atoms with E-state index >= 15 is 0 Å². The maximum absolute atomic E-state index is 13.2. The number of fused-ring (bicyclic) bond motifs is 1. The smallest absolute Gasteiger partial charge is 0.125 e. The second kappa shape index (κ2) is 4.32. The minimum Gasteiger partial charge on any atom is -0.387 e. The van der Waals surface area contributed by atoms with Crippen LogP contribution in [-0.2, 0) is 5.75 Å². The van der Waals surface area contributed by atoms with Crippen molar-refractivity contribution in [3.8, 4) is 0 Å². The number of rotatable bonds is 1. The number of hydrogen-bond donors (Lipinski definition) is 1. The van der Waals surface area contributed by atoms with Crippen molar-refractivity contribution >= 4 is 23.4 Å². The van der Waals surface area contributed by atoms with Crippen molar-refractivity contribution in [2.24, 2.45) is 0 Å². The standard InChI is InChI=1S/C11H12ClFOS/c1-2-10-11(14)7-3-6(13)4-9(12)8(7)5-15-10/h3-4,10-11,14H,2,5H2,1H3. The third-order valence-electron chi connectivity index (χ3n) is 2.71. The molecule has 1 aliphatic heterocycles. The van der Waals surface area contributed by atoms with Gasteiger partial charge in [0, 0.05) is 16.0 Å². The van der Waals surface area contributed by atoms with E-state index in [1.807, 2.05) is 6.92 Å². The number of benzene rings is 1. The Kier molecular flexibility index (Phi) is 3.24. The van der Waals surface area contributed by atoms with Crippen LogP contribution in [0.2, 0.25) is 5.02 Å². The molecule has 0 saturated heterocycles. The van der Waals surface area contributed by atoms with E-state index in [9.17, 15) is 9.50 Å². The summed E-state index contributed by atoms with van der Waals surface area (Å²) in [5, 5.41) is 10.6. The van der Waals surface area contributed by atoms with E-state index in [2.05, 4.69) is 0 Å². The molecule has 0 aliphatic carbocycles. The summed E-state index contributed by atoms with van der Waals surface area (Å²) < 4.78 is 13.2. The summed E-state index contributed by atoms with van der Waals surface area (Å²) >= 11 is 7.62. The van der Waals surface area contributed by atoms with Gasteiger partial charge in [-0.3, -0.25) is 0 Å². The van der Waals surface area contributed by atoms with E-state index < -0.39 is 6.10 Å². The Hall–Kier alpha value is -0.250. The fraction of sp³-hybridized carbons (Fsp3) is 0.455. The summed E-state index contributed by atoms with van der Waals surface area (Å²) in [7, 11) is 0. The number of thioether (sulfide) groups is 1. The van der Waals surface area contributed by atoms with Crippen molar-refractivity contribution in [1.29, 1.82) is 0 Å². The number of halogens is 2. The van der Waals surface area contributed by atoms with Gasteiger partial charge in [0.25, 0.3) is 0 Å². The van der Waals surface area contributed by atoms with E-state index in [4.69, 9.17) is 11.6 Å². The summed E-state index contributed by atoms with van der Waals surface area (Å²) in [6.45, 7) is 2.02. The van der Waals surface area contributed by atoms with Gasteiger partial charge in [-0.05, 0) is 29.7 Å². The fourth-order valence-corrected chi connectivity index (χ4v) is 3.49. The molecule has 2 unspecified atom stereocenters. The summed E-state index contributed by atoms with van der Waals surface area (Å²) in [4.78, 5) is 0. The molecular formula is C11H12ClFOS. The van der Waals surface area contributed by atoms with Gasteiger partial charge in [-0.1, -0.05) is 18.5 Å². The van der Waals surface area contributed by atoms with Crippen LogP contribution in [0.4, 0.5) is 4.39 Å². The first-order valence-electron chi connectivity index (χ1n) is 4.91. The zero-order valence-corrected chi connectivity index (χ0v) is 9.91. The van der Waals surface area contributed by atoms with Crippen LogP contribution in [0, 0.1) is 5.82 Å². The summed E-state index contributed by atoms with van der Waals surface area (Å²) in [6.07, 6.45) is 0.274. The van der Waals surface area contributed by atoms with Gasteiger partial charge in [0.1, 0.15) is 5.82 Å². The predicted octanol–water partition coefficient (Wildman–Crippen LogP) is 3.54. The highest BCUT2D eigenvalue weighted by molar-refractivity contribution is 7.99. The molecule has 0 fully saturated rings. The molecule has 2 atom stereocenters. The molecule has 1 aromatic rings. The molecule has 1 nitrogen and oxygen atoms in total. The molecule has 82 valence electrons. The molecule has 0 bridgehead atoms. The zero-order chi connectivity index (χ0) is 11.0. The van der Waals surface area contributed by atoms with Crippen LogP contribution >= 0.6 is 23.4 Å². The second-order valence-corrected chi connectivity index (χ2v) is 5.29. The van der Waals surface area contributed by atoms with Crippen molar-refractivity contribution in [1.82, 2.24) is 0 Å². The molecule has 1 aromatic carbocycles. The monoisotopic (exact) mass is 246 g/mol. The van der Waals surface area contributed by atoms with Gasteiger partial charge in [-0.25, -0.2) is 4.39 Å². The maximum atomic E-state index is 13.2. The third-order valence-corrected chi connectivity index (χ3v) is 4.52. The minimum absolute atomic E-state index is 0.148. The van der Waals surface area contributed by atoms with Crippen molar-refractivity contribution < 1.29 is 9.50 Å². The van der Waals surface area contributed by atoms with Crippen LogP contribution < -0.4 is 0 Å². The topological polar surface area (TPSA) is 20.2 Å². The van der Waals surface area contributed by atoms with Crippen LogP contribution in [0.25, 0.3) is 0 Å². The van der Waals surface area contributed by atoms with Crippen LogP contribution in [0.1, 0.15) is 30.6 Å². The highest BCUT2D eigenvalue weighted by Crippen LogP contribution is 2.41. The van der Waals surface area contributed by atoms with Gasteiger partial charge in [-0.15, -0.1) is 0 Å². The van der Waals surface area contributed by atoms with E-state index in [1.54, 1.807) is 11.8 Å². The van der Waals surface area contributed by atoms with Gasteiger partial charge < -0.3 is 5.11 Å². The zero-order valence-electron chi connectivity index (χ0n) is 8.34. The summed E-state index contributed by atoms with van der Waals surface area (Å²) in [5.74, 6) is 0.379. The lowest BCUT2D eigenvalue weighted by molar-refractivity contribution is 0.169. The normalized spacial score (nSPS) is 25.1. The Morgan fingerprint density at radius 3 is 3.00 bits per heavy atom. The lowest BCUT2D eigenvalue weighted by Crippen LogP contribution is -2.20. The van der Waals surface area contributed by atoms with E-state index in [1.165, 1.54) is 12.1 Å². The molecule has 1 heterocycles. The number of aliphatic hydroxyl groups is 1. The fourth-order valence-electron chi connectivity index (χ4n) is 1.86. The second-order valence-electron chi connectivity index (χ2n) is 3.66. The van der Waals surface area contributed by atoms with Gasteiger partial charge in [0.2, 0.25) is 0 Å². The molecule has 0 aromatic heterocycles. The lowest BCUT2D eigenvalue weighted by Gasteiger charge is -2.29. The Balaban J connectivity index is 2.46. The predicted molar refractivity (Wildman–Crippen MR) is 61.7 cm³/mol. The van der Waals surface area contributed by atoms with Gasteiger partial charge in [0.15, 0.2) is 0 Å². The molecule has 0 radical (unpaired) electrons. The van der Waals surface area contributed by atoms with E-state index in [0.717, 1.165) is 17.7 Å². The first-order chi connectivity index (χ1) is 7.13. The lowest BCUT2D eigenvalue weighted by atomic mass is 9.99. The quantitative estimate of drug-likeness (QED) is 0.818. The van der Waals surface area contributed by atoms with Gasteiger partial charge >= 0.3 is 0 Å². The molecule has 0 spiro atoms. The maximum Gasteiger partial charge on any atom is 0.125 e. The SMILES string of the molecule is CCC1SCc2c(Cl)cc(F)cc2C1O. The Bertz CT molecular complexity index is 383. The Morgan fingerprint density at radius 2 is 2.33 bits per heavy atom. The molecule has 15 heavy (non-hydrogen) atoms. The minimum atomic E-state index is -0.600. The van der Waals surface area contributed by atoms with Crippen LogP contribution in [0.15, 0.2) is 12.1 Å². The Morgan fingerprint density at radius 1 is 1.60 bits per heavy atom. The van der Waals surface area contributed by atoms with Crippen molar-refractivity contribution in [2.75, 3.05) is 0 Å². The first-order valence-corrected chi connectivity index (χ1v) is 6.33. The van der Waals surface area contributed by atoms with Gasteiger partial charge in [0.05, 0.1) is 6.10 Å². The molecule has 2 rings (SSSR count). The first kappa shape index (κ1) is 11.2. The highest BCUT2D eigenvalue weighted by atomic mass is 35.5. The Labute approximate surface area is 97.6 Å². The van der Waals surface area contributed by atoms with Crippen LogP contribution in [0.5, 0.6) is 0 Å². The van der Waals surface area contributed by atoms with E-state index in [0.29, 0.717) is 10.6 Å². The summed E-state index contributed by atoms with van der Waals surface area (Å²) in [6, 6.07) is 2.70. The number of hydrogen-bond acceptors (Lipinski definition) is 2. The highest BCUT2D eigenvalue weighted by Gasteiger charge is 2.29. The van der Waals surface area contributed by atoms with Crippen LogP contribution in [-0.4, -0.2) is 10.4 Å². The van der Waals surface area contributed by atoms with E-state index in [-0.39, 0.29) is 11.1 Å². The molecule has 0 amide bonds. The number of aliphatic hydroxyl groups excluding tert-OH is 1. The molecular weight excluding hydrogens is 235 g/mol.